The Morgan fingerprint density at radius 1 is 0.410 bits per heavy atom. The van der Waals surface area contributed by atoms with Gasteiger partial charge in [0.15, 0.2) is 17.5 Å². The van der Waals surface area contributed by atoms with Crippen LogP contribution in [0, 0.1) is 0 Å². The molecule has 0 amide bonds. The lowest BCUT2D eigenvalue weighted by Crippen LogP contribution is -2.00. The van der Waals surface area contributed by atoms with E-state index < -0.39 is 0 Å². The molecule has 3 nitrogen and oxygen atoms in total. The Morgan fingerprint density at radius 2 is 1.05 bits per heavy atom. The molecule has 8 aromatic rings. The first-order chi connectivity index (χ1) is 19.3. The Balaban J connectivity index is 1.43. The first-order valence-corrected chi connectivity index (χ1v) is 13.8. The van der Waals surface area contributed by atoms with Crippen molar-refractivity contribution in [3.8, 4) is 34.2 Å². The molecule has 2 heterocycles. The van der Waals surface area contributed by atoms with Crippen molar-refractivity contribution in [2.45, 2.75) is 0 Å². The second-order valence-electron chi connectivity index (χ2n) is 9.68. The summed E-state index contributed by atoms with van der Waals surface area (Å²) in [7, 11) is 0. The monoisotopic (exact) mass is 515 g/mol. The number of thiophene rings is 1. The van der Waals surface area contributed by atoms with Gasteiger partial charge in [0, 0.05) is 36.9 Å². The molecule has 0 fully saturated rings. The van der Waals surface area contributed by atoms with Crippen LogP contribution in [0.2, 0.25) is 0 Å². The molecule has 0 spiro atoms. The van der Waals surface area contributed by atoms with Crippen LogP contribution in [0.4, 0.5) is 0 Å². The summed E-state index contributed by atoms with van der Waals surface area (Å²) in [6, 6.07) is 44.4. The molecule has 0 radical (unpaired) electrons. The molecule has 39 heavy (non-hydrogen) atoms. The van der Waals surface area contributed by atoms with E-state index in [1.54, 1.807) is 0 Å². The van der Waals surface area contributed by atoms with E-state index in [0.29, 0.717) is 17.5 Å². The average Bonchev–Trinajstić information content (AvgIpc) is 3.38. The number of aromatic nitrogens is 3. The Labute approximate surface area is 229 Å². The van der Waals surface area contributed by atoms with Crippen molar-refractivity contribution >= 4 is 53.1 Å². The summed E-state index contributed by atoms with van der Waals surface area (Å²) in [5, 5.41) is 7.47. The van der Waals surface area contributed by atoms with Gasteiger partial charge in [0.25, 0.3) is 0 Å². The third kappa shape index (κ3) is 3.69. The highest BCUT2D eigenvalue weighted by molar-refractivity contribution is 7.26. The standard InChI is InChI=1S/C35H21N3S/c1-3-11-23(12-4-1)33-36-34(24-13-5-2-6-14-24)38-35(37-33)27-16-9-17-30-32(27)29-21-28-25(20-31(29)39-30)19-18-22-10-7-8-15-26(22)28/h1-21H. The summed E-state index contributed by atoms with van der Waals surface area (Å²) in [6.07, 6.45) is 0. The fourth-order valence-corrected chi connectivity index (χ4v) is 6.60. The van der Waals surface area contributed by atoms with E-state index in [0.717, 1.165) is 16.7 Å². The molecule has 2 aromatic heterocycles. The van der Waals surface area contributed by atoms with Crippen LogP contribution in [0.5, 0.6) is 0 Å². The van der Waals surface area contributed by atoms with Crippen LogP contribution in [0.15, 0.2) is 127 Å². The van der Waals surface area contributed by atoms with Crippen LogP contribution in [-0.4, -0.2) is 15.0 Å². The molecule has 6 aromatic carbocycles. The molecule has 182 valence electrons. The number of hydrogen-bond acceptors (Lipinski definition) is 4. The van der Waals surface area contributed by atoms with Gasteiger partial charge in [-0.25, -0.2) is 15.0 Å². The smallest absolute Gasteiger partial charge is 0.164 e. The second kappa shape index (κ2) is 8.83. The Morgan fingerprint density at radius 3 is 1.79 bits per heavy atom. The number of hydrogen-bond donors (Lipinski definition) is 0. The maximum absolute atomic E-state index is 5.03. The molecule has 0 atom stereocenters. The summed E-state index contributed by atoms with van der Waals surface area (Å²) in [5.74, 6) is 2.03. The van der Waals surface area contributed by atoms with Crippen LogP contribution in [0.25, 0.3) is 75.9 Å². The maximum Gasteiger partial charge on any atom is 0.164 e. The molecular formula is C35H21N3S. The van der Waals surface area contributed by atoms with E-state index in [-0.39, 0.29) is 0 Å². The van der Waals surface area contributed by atoms with E-state index in [4.69, 9.17) is 15.0 Å². The molecule has 0 saturated heterocycles. The lowest BCUT2D eigenvalue weighted by atomic mass is 9.98. The lowest BCUT2D eigenvalue weighted by molar-refractivity contribution is 1.08. The quantitative estimate of drug-likeness (QED) is 0.220. The molecule has 0 aliphatic carbocycles. The van der Waals surface area contributed by atoms with Crippen LogP contribution in [0.1, 0.15) is 0 Å². The van der Waals surface area contributed by atoms with E-state index >= 15 is 0 Å². The van der Waals surface area contributed by atoms with Gasteiger partial charge in [-0.05, 0) is 39.7 Å². The van der Waals surface area contributed by atoms with E-state index in [9.17, 15) is 0 Å². The lowest BCUT2D eigenvalue weighted by Gasteiger charge is -2.10. The molecule has 0 N–H and O–H groups in total. The van der Waals surface area contributed by atoms with E-state index in [1.165, 1.54) is 41.7 Å². The summed E-state index contributed by atoms with van der Waals surface area (Å²) >= 11 is 1.82. The molecule has 0 saturated carbocycles. The van der Waals surface area contributed by atoms with Gasteiger partial charge >= 0.3 is 0 Å². The molecule has 0 aliphatic rings. The van der Waals surface area contributed by atoms with Gasteiger partial charge in [-0.2, -0.15) is 0 Å². The third-order valence-corrected chi connectivity index (χ3v) is 8.42. The zero-order chi connectivity index (χ0) is 25.8. The Bertz CT molecular complexity index is 2110. The molecule has 0 aliphatic heterocycles. The zero-order valence-corrected chi connectivity index (χ0v) is 21.7. The zero-order valence-electron chi connectivity index (χ0n) is 20.9. The van der Waals surface area contributed by atoms with Crippen LogP contribution < -0.4 is 0 Å². The predicted molar refractivity (Wildman–Crippen MR) is 164 cm³/mol. The third-order valence-electron chi connectivity index (χ3n) is 7.30. The summed E-state index contributed by atoms with van der Waals surface area (Å²) in [4.78, 5) is 14.9. The van der Waals surface area contributed by atoms with Crippen LogP contribution in [-0.2, 0) is 0 Å². The molecule has 0 bridgehead atoms. The normalized spacial score (nSPS) is 11.6. The van der Waals surface area contributed by atoms with Gasteiger partial charge in [-0.3, -0.25) is 0 Å². The minimum absolute atomic E-state index is 0.674. The van der Waals surface area contributed by atoms with E-state index in [1.807, 2.05) is 72.0 Å². The first-order valence-electron chi connectivity index (χ1n) is 13.0. The highest BCUT2D eigenvalue weighted by atomic mass is 32.1. The van der Waals surface area contributed by atoms with Gasteiger partial charge in [0.2, 0.25) is 0 Å². The van der Waals surface area contributed by atoms with Crippen molar-refractivity contribution in [1.29, 1.82) is 0 Å². The van der Waals surface area contributed by atoms with Gasteiger partial charge in [-0.1, -0.05) is 109 Å². The molecule has 8 rings (SSSR count). The van der Waals surface area contributed by atoms with E-state index in [2.05, 4.69) is 66.7 Å². The molecular weight excluding hydrogens is 494 g/mol. The van der Waals surface area contributed by atoms with Crippen LogP contribution >= 0.6 is 11.3 Å². The molecule has 0 unspecified atom stereocenters. The van der Waals surface area contributed by atoms with Gasteiger partial charge < -0.3 is 0 Å². The topological polar surface area (TPSA) is 38.7 Å². The largest absolute Gasteiger partial charge is 0.208 e. The SMILES string of the molecule is c1ccc(-c2nc(-c3ccccc3)nc(-c3cccc4sc5cc6ccc7ccccc7c6cc5c34)n2)cc1. The number of fused-ring (bicyclic) bond motifs is 6. The first kappa shape index (κ1) is 22.1. The predicted octanol–water partition coefficient (Wildman–Crippen LogP) is 9.55. The van der Waals surface area contributed by atoms with Crippen molar-refractivity contribution in [1.82, 2.24) is 15.0 Å². The Hall–Kier alpha value is -4.93. The summed E-state index contributed by atoms with van der Waals surface area (Å²) < 4.78 is 2.49. The van der Waals surface area contributed by atoms with Gasteiger partial charge in [0.1, 0.15) is 0 Å². The van der Waals surface area contributed by atoms with Crippen LogP contribution in [0.3, 0.4) is 0 Å². The second-order valence-corrected chi connectivity index (χ2v) is 10.8. The average molecular weight is 516 g/mol. The number of benzene rings is 6. The van der Waals surface area contributed by atoms with Crippen molar-refractivity contribution in [2.24, 2.45) is 0 Å². The minimum atomic E-state index is 0.674. The maximum atomic E-state index is 5.03. The highest BCUT2D eigenvalue weighted by Crippen LogP contribution is 2.42. The van der Waals surface area contributed by atoms with Crippen molar-refractivity contribution in [3.63, 3.8) is 0 Å². The minimum Gasteiger partial charge on any atom is -0.208 e. The fraction of sp³-hybridized carbons (Fsp3) is 0. The summed E-state index contributed by atoms with van der Waals surface area (Å²) in [6.45, 7) is 0. The molecule has 4 heteroatoms. The number of rotatable bonds is 3. The van der Waals surface area contributed by atoms with Gasteiger partial charge in [-0.15, -0.1) is 11.3 Å². The summed E-state index contributed by atoms with van der Waals surface area (Å²) in [5.41, 5.74) is 2.96. The Kier molecular flexibility index (Phi) is 5.00. The van der Waals surface area contributed by atoms with Crippen molar-refractivity contribution < 1.29 is 0 Å². The number of nitrogens with zero attached hydrogens (tertiary/aromatic N) is 3. The van der Waals surface area contributed by atoms with Crippen molar-refractivity contribution in [3.05, 3.63) is 127 Å². The fourth-order valence-electron chi connectivity index (χ4n) is 5.44. The van der Waals surface area contributed by atoms with Gasteiger partial charge in [0.05, 0.1) is 0 Å². The highest BCUT2D eigenvalue weighted by Gasteiger charge is 2.17. The van der Waals surface area contributed by atoms with Crippen molar-refractivity contribution in [2.75, 3.05) is 0 Å².